The fourth-order valence-electron chi connectivity index (χ4n) is 4.78. The molecule has 2 aromatic rings. The zero-order chi connectivity index (χ0) is 26.7. The third-order valence-corrected chi connectivity index (χ3v) is 6.44. The average Bonchev–Trinajstić information content (AvgIpc) is 2.86. The molecular weight excluding hydrogens is 487 g/mol. The number of halogens is 3. The maximum absolute atomic E-state index is 13.1. The zero-order valence-electron chi connectivity index (χ0n) is 20.8. The minimum Gasteiger partial charge on any atom is -0.493 e. The summed E-state index contributed by atoms with van der Waals surface area (Å²) < 4.78 is 55.8. The molecule has 1 aliphatic heterocycles. The van der Waals surface area contributed by atoms with Gasteiger partial charge in [-0.3, -0.25) is 4.79 Å². The normalized spacial score (nSPS) is 17.8. The Bertz CT molecular complexity index is 1280. The lowest BCUT2D eigenvalue weighted by Gasteiger charge is -2.34. The maximum atomic E-state index is 13.1. The summed E-state index contributed by atoms with van der Waals surface area (Å²) in [4.78, 5) is 26.0. The molecular formula is C28H28F3NO5. The Morgan fingerprint density at radius 2 is 1.89 bits per heavy atom. The molecule has 0 amide bonds. The highest BCUT2D eigenvalue weighted by atomic mass is 19.4. The summed E-state index contributed by atoms with van der Waals surface area (Å²) in [5, 5.41) is 3.23. The Morgan fingerprint density at radius 3 is 2.59 bits per heavy atom. The number of nitrogens with one attached hydrogen (secondary N) is 1. The number of methoxy groups -OCH3 is 1. The van der Waals surface area contributed by atoms with E-state index in [1.54, 1.807) is 38.1 Å². The van der Waals surface area contributed by atoms with Crippen LogP contribution in [0.4, 0.5) is 13.2 Å². The molecule has 0 aromatic heterocycles. The number of ether oxygens (including phenoxy) is 3. The highest BCUT2D eigenvalue weighted by Crippen LogP contribution is 2.44. The molecule has 196 valence electrons. The van der Waals surface area contributed by atoms with Gasteiger partial charge in [-0.05, 0) is 62.1 Å². The van der Waals surface area contributed by atoms with E-state index >= 15 is 0 Å². The number of hydrogen-bond acceptors (Lipinski definition) is 6. The fraction of sp³-hybridized carbons (Fsp3) is 0.357. The van der Waals surface area contributed by atoms with Gasteiger partial charge in [0.25, 0.3) is 0 Å². The molecule has 1 N–H and O–H groups in total. The first-order chi connectivity index (χ1) is 17.6. The van der Waals surface area contributed by atoms with Crippen molar-refractivity contribution < 1.29 is 37.0 Å². The first kappa shape index (κ1) is 26.3. The van der Waals surface area contributed by atoms with Gasteiger partial charge >= 0.3 is 12.1 Å². The highest BCUT2D eigenvalue weighted by molar-refractivity contribution is 6.03. The molecule has 0 fully saturated rings. The Hall–Kier alpha value is -3.75. The van der Waals surface area contributed by atoms with E-state index in [0.29, 0.717) is 52.3 Å². The molecule has 0 bridgehead atoms. The summed E-state index contributed by atoms with van der Waals surface area (Å²) in [6.07, 6.45) is -2.64. The lowest BCUT2D eigenvalue weighted by molar-refractivity contribution is -0.139. The third kappa shape index (κ3) is 5.50. The number of dihydropyridines is 1. The molecule has 0 radical (unpaired) electrons. The molecule has 2 aromatic carbocycles. The number of esters is 1. The number of alkyl halides is 3. The van der Waals surface area contributed by atoms with E-state index in [4.69, 9.17) is 14.2 Å². The van der Waals surface area contributed by atoms with Gasteiger partial charge in [-0.15, -0.1) is 0 Å². The molecule has 0 unspecified atom stereocenters. The summed E-state index contributed by atoms with van der Waals surface area (Å²) >= 11 is 0. The van der Waals surface area contributed by atoms with Gasteiger partial charge in [0.1, 0.15) is 6.61 Å². The number of benzene rings is 2. The first-order valence-electron chi connectivity index (χ1n) is 12.0. The van der Waals surface area contributed by atoms with Crippen molar-refractivity contribution in [1.29, 1.82) is 0 Å². The lowest BCUT2D eigenvalue weighted by Crippen LogP contribution is -2.34. The summed E-state index contributed by atoms with van der Waals surface area (Å²) in [7, 11) is 1.45. The molecule has 0 saturated carbocycles. The second-order valence-electron chi connectivity index (χ2n) is 8.88. The number of ketones is 1. The number of allylic oxidation sites excluding steroid dienone is 3. The van der Waals surface area contributed by atoms with E-state index in [-0.39, 0.29) is 19.0 Å². The van der Waals surface area contributed by atoms with Gasteiger partial charge in [0, 0.05) is 29.3 Å². The predicted molar refractivity (Wildman–Crippen MR) is 130 cm³/mol. The van der Waals surface area contributed by atoms with E-state index in [1.165, 1.54) is 13.2 Å². The maximum Gasteiger partial charge on any atom is 0.416 e. The fourth-order valence-corrected chi connectivity index (χ4v) is 4.78. The van der Waals surface area contributed by atoms with Gasteiger partial charge in [-0.2, -0.15) is 13.2 Å². The Morgan fingerprint density at radius 1 is 1.11 bits per heavy atom. The van der Waals surface area contributed by atoms with Crippen molar-refractivity contribution in [3.63, 3.8) is 0 Å². The van der Waals surface area contributed by atoms with Crippen molar-refractivity contribution in [2.24, 2.45) is 0 Å². The van der Waals surface area contributed by atoms with Crippen molar-refractivity contribution in [3.8, 4) is 11.5 Å². The van der Waals surface area contributed by atoms with Crippen LogP contribution in [0, 0.1) is 0 Å². The average molecular weight is 516 g/mol. The SMILES string of the molecule is CCOC(=O)C1=C(C)NC2=C(C(=O)CCC2)[C@H]1c1ccc(OCc2cccc(C(F)(F)F)c2)c(OC)c1. The number of Topliss-reactive ketones (excluding diaryl/α,β-unsaturated/α-hetero) is 1. The third-order valence-electron chi connectivity index (χ3n) is 6.44. The zero-order valence-corrected chi connectivity index (χ0v) is 20.8. The van der Waals surface area contributed by atoms with Crippen LogP contribution in [0.15, 0.2) is 65.0 Å². The van der Waals surface area contributed by atoms with E-state index < -0.39 is 23.6 Å². The van der Waals surface area contributed by atoms with E-state index in [0.717, 1.165) is 24.3 Å². The van der Waals surface area contributed by atoms with Gasteiger partial charge in [0.05, 0.1) is 24.9 Å². The van der Waals surface area contributed by atoms with Crippen LogP contribution in [0.1, 0.15) is 55.7 Å². The van der Waals surface area contributed by atoms with Gasteiger partial charge in [0.15, 0.2) is 17.3 Å². The monoisotopic (exact) mass is 515 g/mol. The molecule has 2 aliphatic rings. The number of rotatable bonds is 7. The van der Waals surface area contributed by atoms with Gasteiger partial charge < -0.3 is 19.5 Å². The van der Waals surface area contributed by atoms with Crippen LogP contribution in [0.2, 0.25) is 0 Å². The second kappa shape index (κ2) is 10.7. The largest absolute Gasteiger partial charge is 0.493 e. The minimum absolute atomic E-state index is 0.0307. The number of carbonyl (C=O) groups is 2. The van der Waals surface area contributed by atoms with Crippen molar-refractivity contribution in [2.45, 2.75) is 51.8 Å². The second-order valence-corrected chi connectivity index (χ2v) is 8.88. The van der Waals surface area contributed by atoms with E-state index in [1.807, 2.05) is 0 Å². The van der Waals surface area contributed by atoms with Gasteiger partial charge in [0.2, 0.25) is 0 Å². The summed E-state index contributed by atoms with van der Waals surface area (Å²) in [6, 6.07) is 9.98. The molecule has 1 heterocycles. The summed E-state index contributed by atoms with van der Waals surface area (Å²) in [5.41, 5.74) is 2.57. The quantitative estimate of drug-likeness (QED) is 0.468. The first-order valence-corrected chi connectivity index (χ1v) is 12.0. The molecule has 0 spiro atoms. The standard InChI is InChI=1S/C28H28F3NO5/c1-4-36-27(34)24-16(2)32-20-9-6-10-21(33)26(20)25(24)18-11-12-22(23(14-18)35-3)37-15-17-7-5-8-19(13-17)28(29,30)31/h5,7-8,11-14,25,32H,4,6,9-10,15H2,1-3H3/t25-/m0/s1. The van der Waals surface area contributed by atoms with Crippen LogP contribution in [0.5, 0.6) is 11.5 Å². The van der Waals surface area contributed by atoms with Crippen LogP contribution < -0.4 is 14.8 Å². The number of hydrogen-bond donors (Lipinski definition) is 1. The van der Waals surface area contributed by atoms with Crippen molar-refractivity contribution in [3.05, 3.63) is 81.7 Å². The van der Waals surface area contributed by atoms with Crippen LogP contribution in [0.3, 0.4) is 0 Å². The Kier molecular flexibility index (Phi) is 7.61. The van der Waals surface area contributed by atoms with Crippen LogP contribution in [-0.4, -0.2) is 25.5 Å². The smallest absolute Gasteiger partial charge is 0.416 e. The summed E-state index contributed by atoms with van der Waals surface area (Å²) in [5.74, 6) is -0.535. The van der Waals surface area contributed by atoms with E-state index in [9.17, 15) is 22.8 Å². The topological polar surface area (TPSA) is 73.9 Å². The van der Waals surface area contributed by atoms with Crippen LogP contribution in [0.25, 0.3) is 0 Å². The summed E-state index contributed by atoms with van der Waals surface area (Å²) in [6.45, 7) is 3.59. The van der Waals surface area contributed by atoms with E-state index in [2.05, 4.69) is 5.32 Å². The molecule has 37 heavy (non-hydrogen) atoms. The predicted octanol–water partition coefficient (Wildman–Crippen LogP) is 5.82. The van der Waals surface area contributed by atoms with Gasteiger partial charge in [-0.1, -0.05) is 18.2 Å². The number of carbonyl (C=O) groups excluding carboxylic acids is 2. The molecule has 1 atom stereocenters. The molecule has 6 nitrogen and oxygen atoms in total. The van der Waals surface area contributed by atoms with Crippen LogP contribution >= 0.6 is 0 Å². The minimum atomic E-state index is -4.45. The molecule has 4 rings (SSSR count). The highest BCUT2D eigenvalue weighted by Gasteiger charge is 2.39. The Labute approximate surface area is 213 Å². The molecule has 1 aliphatic carbocycles. The molecule has 0 saturated heterocycles. The molecule has 9 heteroatoms. The van der Waals surface area contributed by atoms with Crippen molar-refractivity contribution in [1.82, 2.24) is 5.32 Å². The van der Waals surface area contributed by atoms with Crippen molar-refractivity contribution >= 4 is 11.8 Å². The lowest BCUT2D eigenvalue weighted by atomic mass is 9.75. The van der Waals surface area contributed by atoms with Crippen LogP contribution in [-0.2, 0) is 27.1 Å². The van der Waals surface area contributed by atoms with Crippen molar-refractivity contribution in [2.75, 3.05) is 13.7 Å². The Balaban J connectivity index is 1.68. The van der Waals surface area contributed by atoms with Gasteiger partial charge in [-0.25, -0.2) is 4.79 Å².